The van der Waals surface area contributed by atoms with Gasteiger partial charge >= 0.3 is 0 Å². The van der Waals surface area contributed by atoms with E-state index in [0.717, 1.165) is 19.5 Å². The lowest BCUT2D eigenvalue weighted by Gasteiger charge is -2.25. The molecule has 21 heavy (non-hydrogen) atoms. The van der Waals surface area contributed by atoms with Crippen LogP contribution in [0.4, 0.5) is 0 Å². The molecule has 6 heteroatoms. The van der Waals surface area contributed by atoms with E-state index in [4.69, 9.17) is 16.3 Å². The van der Waals surface area contributed by atoms with Gasteiger partial charge in [0.2, 0.25) is 0 Å². The van der Waals surface area contributed by atoms with E-state index in [0.29, 0.717) is 16.3 Å². The Morgan fingerprint density at radius 3 is 2.76 bits per heavy atom. The SMILES string of the molecule is CC(C)Oc1ccc(Cl)cc1C(=O)N(C)C1CCNC1.Cl. The highest BCUT2D eigenvalue weighted by molar-refractivity contribution is 6.31. The average Bonchev–Trinajstić information content (AvgIpc) is 2.92. The summed E-state index contributed by atoms with van der Waals surface area (Å²) in [6.45, 7) is 5.66. The van der Waals surface area contributed by atoms with Gasteiger partial charge in [0.1, 0.15) is 5.75 Å². The van der Waals surface area contributed by atoms with Gasteiger partial charge in [0, 0.05) is 24.7 Å². The first-order valence-electron chi connectivity index (χ1n) is 6.93. The van der Waals surface area contributed by atoms with E-state index in [1.54, 1.807) is 23.1 Å². The van der Waals surface area contributed by atoms with Crippen molar-refractivity contribution in [3.05, 3.63) is 28.8 Å². The number of likely N-dealkylation sites (N-methyl/N-ethyl adjacent to an activating group) is 1. The normalized spacial score (nSPS) is 17.5. The Balaban J connectivity index is 0.00000220. The topological polar surface area (TPSA) is 41.6 Å². The van der Waals surface area contributed by atoms with E-state index in [2.05, 4.69) is 5.32 Å². The standard InChI is InChI=1S/C15H21ClN2O2.ClH/c1-10(2)20-14-5-4-11(16)8-13(14)15(19)18(3)12-6-7-17-9-12;/h4-5,8,10,12,17H,6-7,9H2,1-3H3;1H. The molecule has 1 unspecified atom stereocenters. The molecule has 1 atom stereocenters. The Morgan fingerprint density at radius 1 is 1.48 bits per heavy atom. The van der Waals surface area contributed by atoms with Gasteiger partial charge in [-0.05, 0) is 45.0 Å². The molecule has 1 amide bonds. The second kappa shape index (κ2) is 7.87. The summed E-state index contributed by atoms with van der Waals surface area (Å²) in [7, 11) is 1.83. The predicted molar refractivity (Wildman–Crippen MR) is 87.8 cm³/mol. The molecule has 0 spiro atoms. The summed E-state index contributed by atoms with van der Waals surface area (Å²) in [5, 5.41) is 3.81. The number of halogens is 2. The van der Waals surface area contributed by atoms with Gasteiger partial charge < -0.3 is 15.0 Å². The lowest BCUT2D eigenvalue weighted by molar-refractivity contribution is 0.0737. The van der Waals surface area contributed by atoms with Crippen LogP contribution in [0.15, 0.2) is 18.2 Å². The Labute approximate surface area is 137 Å². The fourth-order valence-corrected chi connectivity index (χ4v) is 2.52. The number of nitrogens with zero attached hydrogens (tertiary/aromatic N) is 1. The molecule has 1 aromatic carbocycles. The molecule has 1 aromatic rings. The third-order valence-corrected chi connectivity index (χ3v) is 3.67. The van der Waals surface area contributed by atoms with Crippen LogP contribution in [-0.2, 0) is 0 Å². The van der Waals surface area contributed by atoms with Crippen LogP contribution in [0.1, 0.15) is 30.6 Å². The van der Waals surface area contributed by atoms with E-state index in [9.17, 15) is 4.79 Å². The van der Waals surface area contributed by atoms with Crippen LogP contribution in [0.5, 0.6) is 5.75 Å². The molecular weight excluding hydrogens is 311 g/mol. The fraction of sp³-hybridized carbons (Fsp3) is 0.533. The van der Waals surface area contributed by atoms with Crippen LogP contribution in [0.25, 0.3) is 0 Å². The van der Waals surface area contributed by atoms with Gasteiger partial charge in [-0.2, -0.15) is 0 Å². The minimum Gasteiger partial charge on any atom is -0.490 e. The zero-order chi connectivity index (χ0) is 14.7. The van der Waals surface area contributed by atoms with Crippen LogP contribution in [0, 0.1) is 0 Å². The second-order valence-corrected chi connectivity index (χ2v) is 5.81. The van der Waals surface area contributed by atoms with Crippen LogP contribution in [-0.4, -0.2) is 43.1 Å². The van der Waals surface area contributed by atoms with Crippen LogP contribution < -0.4 is 10.1 Å². The van der Waals surface area contributed by atoms with Gasteiger partial charge in [-0.15, -0.1) is 12.4 Å². The van der Waals surface area contributed by atoms with Crippen molar-refractivity contribution in [3.63, 3.8) is 0 Å². The van der Waals surface area contributed by atoms with Crippen molar-refractivity contribution in [2.45, 2.75) is 32.4 Å². The smallest absolute Gasteiger partial charge is 0.257 e. The highest BCUT2D eigenvalue weighted by Gasteiger charge is 2.26. The number of carbonyl (C=O) groups excluding carboxylic acids is 1. The average molecular weight is 333 g/mol. The lowest BCUT2D eigenvalue weighted by Crippen LogP contribution is -2.38. The monoisotopic (exact) mass is 332 g/mol. The highest BCUT2D eigenvalue weighted by atomic mass is 35.5. The van der Waals surface area contributed by atoms with Gasteiger partial charge in [-0.3, -0.25) is 4.79 Å². The van der Waals surface area contributed by atoms with Crippen molar-refractivity contribution in [2.75, 3.05) is 20.1 Å². The minimum atomic E-state index is -0.0446. The number of amides is 1. The molecule has 118 valence electrons. The molecule has 0 saturated carbocycles. The number of nitrogens with one attached hydrogen (secondary N) is 1. The molecule has 1 aliphatic rings. The number of hydrogen-bond donors (Lipinski definition) is 1. The molecule has 0 bridgehead atoms. The minimum absolute atomic E-state index is 0. The number of carbonyl (C=O) groups is 1. The summed E-state index contributed by atoms with van der Waals surface area (Å²) in [6.07, 6.45) is 0.990. The van der Waals surface area contributed by atoms with Crippen molar-refractivity contribution in [1.29, 1.82) is 0 Å². The second-order valence-electron chi connectivity index (χ2n) is 5.37. The molecule has 0 radical (unpaired) electrons. The summed E-state index contributed by atoms with van der Waals surface area (Å²) in [6, 6.07) is 5.41. The Hall–Kier alpha value is -0.970. The van der Waals surface area contributed by atoms with Crippen molar-refractivity contribution >= 4 is 29.9 Å². The Kier molecular flexibility index (Phi) is 6.78. The summed E-state index contributed by atoms with van der Waals surface area (Å²) >= 11 is 6.02. The molecule has 0 aliphatic carbocycles. The Morgan fingerprint density at radius 2 is 2.19 bits per heavy atom. The van der Waals surface area contributed by atoms with Gasteiger partial charge in [-0.1, -0.05) is 11.6 Å². The van der Waals surface area contributed by atoms with Crippen molar-refractivity contribution in [3.8, 4) is 5.75 Å². The summed E-state index contributed by atoms with van der Waals surface area (Å²) < 4.78 is 5.71. The molecular formula is C15H22Cl2N2O2. The Bertz CT molecular complexity index is 489. The van der Waals surface area contributed by atoms with Crippen LogP contribution >= 0.6 is 24.0 Å². The van der Waals surface area contributed by atoms with Gasteiger partial charge in [0.25, 0.3) is 5.91 Å². The third-order valence-electron chi connectivity index (χ3n) is 3.44. The van der Waals surface area contributed by atoms with Gasteiger partial charge in [0.15, 0.2) is 0 Å². The van der Waals surface area contributed by atoms with Gasteiger partial charge in [-0.25, -0.2) is 0 Å². The summed E-state index contributed by atoms with van der Waals surface area (Å²) in [4.78, 5) is 14.4. The molecule has 1 fully saturated rings. The first kappa shape index (κ1) is 18.1. The molecule has 1 aliphatic heterocycles. The molecule has 0 aromatic heterocycles. The maximum atomic E-state index is 12.6. The van der Waals surface area contributed by atoms with E-state index in [1.807, 2.05) is 20.9 Å². The maximum absolute atomic E-state index is 12.6. The largest absolute Gasteiger partial charge is 0.490 e. The highest BCUT2D eigenvalue weighted by Crippen LogP contribution is 2.26. The third kappa shape index (κ3) is 4.50. The first-order valence-corrected chi connectivity index (χ1v) is 7.31. The predicted octanol–water partition coefficient (Wildman–Crippen LogP) is 2.98. The van der Waals surface area contributed by atoms with Gasteiger partial charge in [0.05, 0.1) is 11.7 Å². The van der Waals surface area contributed by atoms with Crippen molar-refractivity contribution < 1.29 is 9.53 Å². The van der Waals surface area contributed by atoms with Crippen molar-refractivity contribution in [2.24, 2.45) is 0 Å². The molecule has 1 heterocycles. The molecule has 2 rings (SSSR count). The van der Waals surface area contributed by atoms with Crippen LogP contribution in [0.2, 0.25) is 5.02 Å². The molecule has 1 saturated heterocycles. The number of benzene rings is 1. The summed E-state index contributed by atoms with van der Waals surface area (Å²) in [5.41, 5.74) is 0.528. The number of rotatable bonds is 4. The number of ether oxygens (including phenoxy) is 1. The fourth-order valence-electron chi connectivity index (χ4n) is 2.35. The summed E-state index contributed by atoms with van der Waals surface area (Å²) in [5.74, 6) is 0.545. The zero-order valence-electron chi connectivity index (χ0n) is 12.6. The number of hydrogen-bond acceptors (Lipinski definition) is 3. The van der Waals surface area contributed by atoms with Crippen molar-refractivity contribution in [1.82, 2.24) is 10.2 Å². The first-order chi connectivity index (χ1) is 9.49. The van der Waals surface area contributed by atoms with Crippen LogP contribution in [0.3, 0.4) is 0 Å². The molecule has 4 nitrogen and oxygen atoms in total. The molecule has 1 N–H and O–H groups in total. The zero-order valence-corrected chi connectivity index (χ0v) is 14.1. The van der Waals surface area contributed by atoms with E-state index in [1.165, 1.54) is 0 Å². The maximum Gasteiger partial charge on any atom is 0.257 e. The lowest BCUT2D eigenvalue weighted by atomic mass is 10.1. The van der Waals surface area contributed by atoms with E-state index < -0.39 is 0 Å². The quantitative estimate of drug-likeness (QED) is 0.921. The van der Waals surface area contributed by atoms with E-state index in [-0.39, 0.29) is 30.5 Å². The van der Waals surface area contributed by atoms with E-state index >= 15 is 0 Å².